The second-order valence-corrected chi connectivity index (χ2v) is 10.4. The molecule has 2 bridgehead atoms. The van der Waals surface area contributed by atoms with E-state index >= 15 is 0 Å². The van der Waals surface area contributed by atoms with E-state index in [2.05, 4.69) is 5.32 Å². The van der Waals surface area contributed by atoms with Gasteiger partial charge >= 0.3 is 0 Å². The van der Waals surface area contributed by atoms with Crippen molar-refractivity contribution < 1.29 is 17.9 Å². The van der Waals surface area contributed by atoms with Crippen LogP contribution in [0.1, 0.15) is 50.5 Å². The largest absolute Gasteiger partial charge is 0.496 e. The molecule has 3 atom stereocenters. The van der Waals surface area contributed by atoms with Gasteiger partial charge in [0.15, 0.2) is 0 Å². The highest BCUT2D eigenvalue weighted by Gasteiger charge is 2.40. The quantitative estimate of drug-likeness (QED) is 0.755. The van der Waals surface area contributed by atoms with Crippen LogP contribution in [0.25, 0.3) is 0 Å². The maximum atomic E-state index is 12.8. The third-order valence-electron chi connectivity index (χ3n) is 6.66. The molecule has 1 aliphatic heterocycles. The molecule has 1 N–H and O–H groups in total. The predicted molar refractivity (Wildman–Crippen MR) is 107 cm³/mol. The number of carbonyl (C=O) groups excluding carboxylic acids is 1. The van der Waals surface area contributed by atoms with E-state index in [9.17, 15) is 13.2 Å². The van der Waals surface area contributed by atoms with Crippen molar-refractivity contribution >= 4 is 15.9 Å². The number of aryl methyl sites for hydroxylation is 1. The van der Waals surface area contributed by atoms with Crippen LogP contribution in [-0.4, -0.2) is 44.9 Å². The van der Waals surface area contributed by atoms with Crippen LogP contribution in [0.15, 0.2) is 23.1 Å². The van der Waals surface area contributed by atoms with E-state index in [4.69, 9.17) is 4.74 Å². The molecular weight excluding hydrogens is 376 g/mol. The van der Waals surface area contributed by atoms with E-state index in [0.29, 0.717) is 48.5 Å². The number of nitrogens with one attached hydrogen (secondary N) is 1. The molecule has 1 aromatic rings. The Bertz CT molecular complexity index is 833. The Morgan fingerprint density at radius 2 is 2.00 bits per heavy atom. The zero-order chi connectivity index (χ0) is 19.7. The molecule has 6 nitrogen and oxygen atoms in total. The lowest BCUT2D eigenvalue weighted by Crippen LogP contribution is -2.38. The van der Waals surface area contributed by atoms with Crippen molar-refractivity contribution in [2.24, 2.45) is 11.8 Å². The van der Waals surface area contributed by atoms with Crippen LogP contribution in [-0.2, 0) is 21.2 Å². The van der Waals surface area contributed by atoms with Gasteiger partial charge in [-0.2, -0.15) is 4.31 Å². The molecule has 154 valence electrons. The van der Waals surface area contributed by atoms with Crippen molar-refractivity contribution in [3.8, 4) is 5.75 Å². The number of hydrogen-bond donors (Lipinski definition) is 1. The standard InChI is InChI=1S/C21H30N2O4S/c1-27-20-8-7-18(28(25,26)23-10-2-3-11-23)14-17(20)6-9-21(24)22-19-13-15-4-5-16(19)12-15/h7-8,14-16,19H,2-6,9-13H2,1H3,(H,22,24)/t15-,16+,19-/m0/s1. The lowest BCUT2D eigenvalue weighted by molar-refractivity contribution is -0.122. The summed E-state index contributed by atoms with van der Waals surface area (Å²) in [6.45, 7) is 1.16. The maximum Gasteiger partial charge on any atom is 0.243 e. The van der Waals surface area contributed by atoms with Crippen molar-refractivity contribution in [1.29, 1.82) is 0 Å². The van der Waals surface area contributed by atoms with E-state index in [-0.39, 0.29) is 5.91 Å². The van der Waals surface area contributed by atoms with Gasteiger partial charge in [0, 0.05) is 25.6 Å². The zero-order valence-electron chi connectivity index (χ0n) is 16.5. The fraction of sp³-hybridized carbons (Fsp3) is 0.667. The number of fused-ring (bicyclic) bond motifs is 2. The van der Waals surface area contributed by atoms with Crippen LogP contribution >= 0.6 is 0 Å². The van der Waals surface area contributed by atoms with Crippen LogP contribution < -0.4 is 10.1 Å². The van der Waals surface area contributed by atoms with Crippen LogP contribution in [0.2, 0.25) is 0 Å². The van der Waals surface area contributed by atoms with Crippen molar-refractivity contribution in [2.75, 3.05) is 20.2 Å². The summed E-state index contributed by atoms with van der Waals surface area (Å²) >= 11 is 0. The van der Waals surface area contributed by atoms with Gasteiger partial charge in [0.2, 0.25) is 15.9 Å². The Labute approximate surface area is 167 Å². The number of hydrogen-bond acceptors (Lipinski definition) is 4. The van der Waals surface area contributed by atoms with Gasteiger partial charge in [0.1, 0.15) is 5.75 Å². The van der Waals surface area contributed by atoms with E-state index in [1.807, 2.05) is 0 Å². The topological polar surface area (TPSA) is 75.7 Å². The van der Waals surface area contributed by atoms with Gasteiger partial charge < -0.3 is 10.1 Å². The molecule has 1 saturated heterocycles. The number of nitrogens with zero attached hydrogens (tertiary/aromatic N) is 1. The molecule has 0 spiro atoms. The minimum atomic E-state index is -3.47. The molecule has 1 heterocycles. The van der Waals surface area contributed by atoms with Gasteiger partial charge in [-0.15, -0.1) is 0 Å². The average Bonchev–Trinajstić information content (AvgIpc) is 3.44. The van der Waals surface area contributed by atoms with Crippen molar-refractivity contribution in [2.45, 2.75) is 62.3 Å². The number of ether oxygens (including phenoxy) is 1. The van der Waals surface area contributed by atoms with Crippen LogP contribution in [0, 0.1) is 11.8 Å². The molecule has 3 fully saturated rings. The number of rotatable bonds is 7. The van der Waals surface area contributed by atoms with E-state index < -0.39 is 10.0 Å². The number of methoxy groups -OCH3 is 1. The van der Waals surface area contributed by atoms with Crippen LogP contribution in [0.4, 0.5) is 0 Å². The third kappa shape index (κ3) is 3.92. The Balaban J connectivity index is 1.42. The van der Waals surface area contributed by atoms with E-state index in [0.717, 1.165) is 30.7 Å². The molecule has 28 heavy (non-hydrogen) atoms. The van der Waals surface area contributed by atoms with Gasteiger partial charge in [-0.1, -0.05) is 6.42 Å². The normalized spacial score (nSPS) is 27.2. The fourth-order valence-corrected chi connectivity index (χ4v) is 6.71. The Kier molecular flexibility index (Phi) is 5.65. The summed E-state index contributed by atoms with van der Waals surface area (Å²) in [6.07, 6.45) is 7.55. The lowest BCUT2D eigenvalue weighted by atomic mass is 9.95. The molecule has 7 heteroatoms. The first-order valence-corrected chi connectivity index (χ1v) is 11.9. The molecule has 1 aromatic carbocycles. The molecule has 0 aromatic heterocycles. The first-order chi connectivity index (χ1) is 13.5. The molecule has 4 rings (SSSR count). The predicted octanol–water partition coefficient (Wildman–Crippen LogP) is 2.72. The molecular formula is C21H30N2O4S. The smallest absolute Gasteiger partial charge is 0.243 e. The highest BCUT2D eigenvalue weighted by Crippen LogP contribution is 2.44. The first kappa shape index (κ1) is 19.7. The molecule has 1 amide bonds. The number of carbonyl (C=O) groups is 1. The van der Waals surface area contributed by atoms with Crippen molar-refractivity contribution in [3.63, 3.8) is 0 Å². The fourth-order valence-electron chi connectivity index (χ4n) is 5.14. The highest BCUT2D eigenvalue weighted by molar-refractivity contribution is 7.89. The lowest BCUT2D eigenvalue weighted by Gasteiger charge is -2.23. The number of benzene rings is 1. The van der Waals surface area contributed by atoms with E-state index in [1.54, 1.807) is 29.6 Å². The summed E-state index contributed by atoms with van der Waals surface area (Å²) in [5, 5.41) is 3.20. The van der Waals surface area contributed by atoms with Crippen LogP contribution in [0.3, 0.4) is 0 Å². The summed E-state index contributed by atoms with van der Waals surface area (Å²) in [4.78, 5) is 12.8. The van der Waals surface area contributed by atoms with Crippen LogP contribution in [0.5, 0.6) is 5.75 Å². The Morgan fingerprint density at radius 1 is 1.21 bits per heavy atom. The molecule has 2 aliphatic carbocycles. The van der Waals surface area contributed by atoms with Gasteiger partial charge in [0.25, 0.3) is 0 Å². The minimum absolute atomic E-state index is 0.0485. The Morgan fingerprint density at radius 3 is 2.64 bits per heavy atom. The monoisotopic (exact) mass is 406 g/mol. The zero-order valence-corrected chi connectivity index (χ0v) is 17.3. The summed E-state index contributed by atoms with van der Waals surface area (Å²) in [7, 11) is -1.90. The highest BCUT2D eigenvalue weighted by atomic mass is 32.2. The second-order valence-electron chi connectivity index (χ2n) is 8.43. The average molecular weight is 407 g/mol. The summed E-state index contributed by atoms with van der Waals surface area (Å²) < 4.78 is 32.6. The molecule has 0 radical (unpaired) electrons. The SMILES string of the molecule is COc1ccc(S(=O)(=O)N2CCCC2)cc1CCC(=O)N[C@H]1C[C@H]2CC[C@@H]1C2. The summed E-state index contributed by atoms with van der Waals surface area (Å²) in [5.74, 6) is 2.13. The molecule has 0 unspecified atom stereocenters. The number of sulfonamides is 1. The minimum Gasteiger partial charge on any atom is -0.496 e. The van der Waals surface area contributed by atoms with Gasteiger partial charge in [-0.25, -0.2) is 8.42 Å². The summed E-state index contributed by atoms with van der Waals surface area (Å²) in [6, 6.07) is 5.31. The van der Waals surface area contributed by atoms with E-state index in [1.165, 1.54) is 19.3 Å². The first-order valence-electron chi connectivity index (χ1n) is 10.4. The van der Waals surface area contributed by atoms with Gasteiger partial charge in [0.05, 0.1) is 12.0 Å². The van der Waals surface area contributed by atoms with Crippen molar-refractivity contribution in [3.05, 3.63) is 23.8 Å². The maximum absolute atomic E-state index is 12.8. The number of amides is 1. The van der Waals surface area contributed by atoms with Gasteiger partial charge in [-0.05, 0) is 74.1 Å². The van der Waals surface area contributed by atoms with Gasteiger partial charge in [-0.3, -0.25) is 4.79 Å². The summed E-state index contributed by atoms with van der Waals surface area (Å²) in [5.41, 5.74) is 0.769. The second kappa shape index (κ2) is 8.03. The molecule has 2 saturated carbocycles. The Hall–Kier alpha value is -1.60. The molecule has 3 aliphatic rings. The van der Waals surface area contributed by atoms with Crippen molar-refractivity contribution in [1.82, 2.24) is 9.62 Å². The third-order valence-corrected chi connectivity index (χ3v) is 8.56.